The molecule has 0 unspecified atom stereocenters. The van der Waals surface area contributed by atoms with Crippen molar-refractivity contribution in [3.05, 3.63) is 0 Å². The SMILES string of the molecule is COC(=O)C1(C(=O)NCCC2CCCCC2)CC1. The average molecular weight is 253 g/mol. The van der Waals surface area contributed by atoms with Gasteiger partial charge in [0.2, 0.25) is 5.91 Å². The number of carbonyl (C=O) groups excluding carboxylic acids is 2. The second-order valence-electron chi connectivity index (χ2n) is 5.62. The van der Waals surface area contributed by atoms with Crippen molar-refractivity contribution in [3.8, 4) is 0 Å². The lowest BCUT2D eigenvalue weighted by Crippen LogP contribution is -2.38. The van der Waals surface area contributed by atoms with Gasteiger partial charge in [0.25, 0.3) is 0 Å². The summed E-state index contributed by atoms with van der Waals surface area (Å²) < 4.78 is 4.70. The van der Waals surface area contributed by atoms with Crippen molar-refractivity contribution < 1.29 is 14.3 Å². The van der Waals surface area contributed by atoms with Crippen molar-refractivity contribution in [3.63, 3.8) is 0 Å². The average Bonchev–Trinajstić information content (AvgIpc) is 3.20. The zero-order valence-corrected chi connectivity index (χ0v) is 11.2. The fraction of sp³-hybridized carbons (Fsp3) is 0.857. The number of hydrogen-bond acceptors (Lipinski definition) is 3. The van der Waals surface area contributed by atoms with Gasteiger partial charge >= 0.3 is 5.97 Å². The number of methoxy groups -OCH3 is 1. The molecule has 4 nitrogen and oxygen atoms in total. The van der Waals surface area contributed by atoms with Crippen molar-refractivity contribution in [2.75, 3.05) is 13.7 Å². The molecule has 0 aliphatic heterocycles. The monoisotopic (exact) mass is 253 g/mol. The lowest BCUT2D eigenvalue weighted by Gasteiger charge is -2.22. The molecule has 0 atom stereocenters. The minimum atomic E-state index is -0.846. The largest absolute Gasteiger partial charge is 0.468 e. The Hall–Kier alpha value is -1.06. The lowest BCUT2D eigenvalue weighted by molar-refractivity contribution is -0.152. The summed E-state index contributed by atoms with van der Waals surface area (Å²) in [5.41, 5.74) is -0.846. The van der Waals surface area contributed by atoms with Crippen LogP contribution in [-0.2, 0) is 14.3 Å². The van der Waals surface area contributed by atoms with Crippen LogP contribution in [0, 0.1) is 11.3 Å². The summed E-state index contributed by atoms with van der Waals surface area (Å²) in [5.74, 6) is 0.246. The van der Waals surface area contributed by atoms with Crippen LogP contribution in [-0.4, -0.2) is 25.5 Å². The molecule has 18 heavy (non-hydrogen) atoms. The molecule has 102 valence electrons. The second-order valence-corrected chi connectivity index (χ2v) is 5.62. The maximum absolute atomic E-state index is 12.0. The standard InChI is InChI=1S/C14H23NO3/c1-18-13(17)14(8-9-14)12(16)15-10-7-11-5-3-2-4-6-11/h11H,2-10H2,1H3,(H,15,16). The van der Waals surface area contributed by atoms with Gasteiger partial charge < -0.3 is 10.1 Å². The van der Waals surface area contributed by atoms with Gasteiger partial charge in [0, 0.05) is 6.54 Å². The van der Waals surface area contributed by atoms with E-state index in [9.17, 15) is 9.59 Å². The van der Waals surface area contributed by atoms with Crippen LogP contribution in [0.3, 0.4) is 0 Å². The molecule has 2 saturated carbocycles. The molecule has 0 bridgehead atoms. The Morgan fingerprint density at radius 2 is 1.89 bits per heavy atom. The smallest absolute Gasteiger partial charge is 0.321 e. The molecule has 0 saturated heterocycles. The van der Waals surface area contributed by atoms with E-state index < -0.39 is 5.41 Å². The first kappa shape index (κ1) is 13.4. The maximum atomic E-state index is 12.0. The molecule has 2 rings (SSSR count). The third-order valence-electron chi connectivity index (χ3n) is 4.32. The van der Waals surface area contributed by atoms with Gasteiger partial charge in [-0.3, -0.25) is 9.59 Å². The number of esters is 1. The van der Waals surface area contributed by atoms with E-state index in [0.717, 1.165) is 12.3 Å². The van der Waals surface area contributed by atoms with Gasteiger partial charge in [0.1, 0.15) is 5.41 Å². The number of nitrogens with one attached hydrogen (secondary N) is 1. The van der Waals surface area contributed by atoms with E-state index in [-0.39, 0.29) is 11.9 Å². The Labute approximate surface area is 108 Å². The summed E-state index contributed by atoms with van der Waals surface area (Å²) in [6.07, 6.45) is 8.90. The molecule has 0 heterocycles. The van der Waals surface area contributed by atoms with Gasteiger partial charge in [0.15, 0.2) is 0 Å². The quantitative estimate of drug-likeness (QED) is 0.602. The number of rotatable bonds is 5. The first-order valence-electron chi connectivity index (χ1n) is 7.06. The van der Waals surface area contributed by atoms with Crippen LogP contribution >= 0.6 is 0 Å². The minimum absolute atomic E-state index is 0.134. The Balaban J connectivity index is 1.70. The van der Waals surface area contributed by atoms with E-state index in [0.29, 0.717) is 19.4 Å². The van der Waals surface area contributed by atoms with E-state index in [1.165, 1.54) is 39.2 Å². The van der Waals surface area contributed by atoms with E-state index in [1.807, 2.05) is 0 Å². The Kier molecular flexibility index (Phi) is 4.25. The molecule has 0 radical (unpaired) electrons. The van der Waals surface area contributed by atoms with E-state index >= 15 is 0 Å². The number of hydrogen-bond donors (Lipinski definition) is 1. The predicted molar refractivity (Wildman–Crippen MR) is 67.9 cm³/mol. The van der Waals surface area contributed by atoms with E-state index in [2.05, 4.69) is 5.32 Å². The molecular weight excluding hydrogens is 230 g/mol. The molecule has 1 amide bonds. The van der Waals surface area contributed by atoms with E-state index in [4.69, 9.17) is 4.74 Å². The normalized spacial score (nSPS) is 22.3. The highest BCUT2D eigenvalue weighted by atomic mass is 16.5. The summed E-state index contributed by atoms with van der Waals surface area (Å²) in [6.45, 7) is 0.697. The summed E-state index contributed by atoms with van der Waals surface area (Å²) in [5, 5.41) is 2.91. The molecule has 2 aliphatic carbocycles. The number of amides is 1. The summed E-state index contributed by atoms with van der Waals surface area (Å²) >= 11 is 0. The molecule has 1 N–H and O–H groups in total. The molecule has 2 aliphatic rings. The van der Waals surface area contributed by atoms with Crippen molar-refractivity contribution >= 4 is 11.9 Å². The third kappa shape index (κ3) is 2.85. The van der Waals surface area contributed by atoms with Crippen molar-refractivity contribution in [1.29, 1.82) is 0 Å². The first-order valence-corrected chi connectivity index (χ1v) is 7.06. The predicted octanol–water partition coefficient (Wildman–Crippen LogP) is 2.03. The minimum Gasteiger partial charge on any atom is -0.468 e. The molecule has 0 aromatic heterocycles. The van der Waals surface area contributed by atoms with Crippen LogP contribution in [0.5, 0.6) is 0 Å². The zero-order chi connectivity index (χ0) is 13.0. The summed E-state index contributed by atoms with van der Waals surface area (Å²) in [7, 11) is 1.34. The van der Waals surface area contributed by atoms with Crippen molar-refractivity contribution in [1.82, 2.24) is 5.32 Å². The lowest BCUT2D eigenvalue weighted by atomic mass is 9.87. The number of carbonyl (C=O) groups is 2. The zero-order valence-electron chi connectivity index (χ0n) is 11.2. The third-order valence-corrected chi connectivity index (χ3v) is 4.32. The number of ether oxygens (including phenoxy) is 1. The van der Waals surface area contributed by atoms with E-state index in [1.54, 1.807) is 0 Å². The molecule has 0 spiro atoms. The van der Waals surface area contributed by atoms with Gasteiger partial charge in [-0.1, -0.05) is 32.1 Å². The Morgan fingerprint density at radius 3 is 2.44 bits per heavy atom. The highest BCUT2D eigenvalue weighted by Gasteiger charge is 2.57. The van der Waals surface area contributed by atoms with Crippen LogP contribution < -0.4 is 5.32 Å². The van der Waals surface area contributed by atoms with Crippen LogP contribution in [0.25, 0.3) is 0 Å². The fourth-order valence-electron chi connectivity index (χ4n) is 2.88. The molecule has 0 aromatic carbocycles. The second kappa shape index (κ2) is 5.72. The molecule has 4 heteroatoms. The first-order chi connectivity index (χ1) is 8.69. The van der Waals surface area contributed by atoms with Gasteiger partial charge in [-0.25, -0.2) is 0 Å². The molecular formula is C14H23NO3. The van der Waals surface area contributed by atoms with Gasteiger partial charge in [-0.15, -0.1) is 0 Å². The Morgan fingerprint density at radius 1 is 1.22 bits per heavy atom. The van der Waals surface area contributed by atoms with Crippen LogP contribution in [0.1, 0.15) is 51.4 Å². The van der Waals surface area contributed by atoms with Crippen LogP contribution in [0.15, 0.2) is 0 Å². The fourth-order valence-corrected chi connectivity index (χ4v) is 2.88. The van der Waals surface area contributed by atoms with Crippen molar-refractivity contribution in [2.24, 2.45) is 11.3 Å². The topological polar surface area (TPSA) is 55.4 Å². The maximum Gasteiger partial charge on any atom is 0.321 e. The summed E-state index contributed by atoms with van der Waals surface area (Å²) in [4.78, 5) is 23.5. The van der Waals surface area contributed by atoms with Gasteiger partial charge in [-0.05, 0) is 25.2 Å². The molecule has 2 fully saturated rings. The van der Waals surface area contributed by atoms with Crippen LogP contribution in [0.4, 0.5) is 0 Å². The highest BCUT2D eigenvalue weighted by molar-refractivity contribution is 6.05. The highest BCUT2D eigenvalue weighted by Crippen LogP contribution is 2.46. The van der Waals surface area contributed by atoms with Gasteiger partial charge in [0.05, 0.1) is 7.11 Å². The van der Waals surface area contributed by atoms with Crippen molar-refractivity contribution in [2.45, 2.75) is 51.4 Å². The Bertz CT molecular complexity index is 317. The summed E-state index contributed by atoms with van der Waals surface area (Å²) in [6, 6.07) is 0. The van der Waals surface area contributed by atoms with Crippen LogP contribution in [0.2, 0.25) is 0 Å². The van der Waals surface area contributed by atoms with Gasteiger partial charge in [-0.2, -0.15) is 0 Å². The molecule has 0 aromatic rings.